The normalized spacial score (nSPS) is 25.9. The van der Waals surface area contributed by atoms with Crippen LogP contribution in [-0.2, 0) is 14.6 Å². The maximum absolute atomic E-state index is 12.1. The Kier molecular flexibility index (Phi) is 4.86. The first-order chi connectivity index (χ1) is 9.87. The van der Waals surface area contributed by atoms with Gasteiger partial charge < -0.3 is 9.84 Å². The maximum atomic E-state index is 12.1. The number of hydrogen-bond acceptors (Lipinski definition) is 4. The van der Waals surface area contributed by atoms with Crippen molar-refractivity contribution in [3.63, 3.8) is 0 Å². The van der Waals surface area contributed by atoms with Gasteiger partial charge in [0.15, 0.2) is 9.84 Å². The van der Waals surface area contributed by atoms with Gasteiger partial charge in [-0.15, -0.1) is 0 Å². The van der Waals surface area contributed by atoms with Gasteiger partial charge in [-0.3, -0.25) is 0 Å². The highest BCUT2D eigenvalue weighted by Crippen LogP contribution is 2.39. The van der Waals surface area contributed by atoms with Gasteiger partial charge in [0.25, 0.3) is 0 Å². The minimum absolute atomic E-state index is 0.0195. The zero-order chi connectivity index (χ0) is 15.5. The highest BCUT2D eigenvalue weighted by Gasteiger charge is 2.50. The largest absolute Gasteiger partial charge is 0.393 e. The quantitative estimate of drug-likeness (QED) is 0.620. The summed E-state index contributed by atoms with van der Waals surface area (Å²) in [6.07, 6.45) is 3.44. The topological polar surface area (TPSA) is 66.9 Å². The molecule has 1 aliphatic heterocycles. The van der Waals surface area contributed by atoms with E-state index in [2.05, 4.69) is 0 Å². The molecule has 0 unspecified atom stereocenters. The Morgan fingerprint density at radius 1 is 1.38 bits per heavy atom. The van der Waals surface area contributed by atoms with Crippen molar-refractivity contribution in [2.45, 2.75) is 43.3 Å². The van der Waals surface area contributed by atoms with Gasteiger partial charge in [-0.1, -0.05) is 29.8 Å². The number of allylic oxidation sites excluding steroid dienone is 1. The van der Waals surface area contributed by atoms with Gasteiger partial charge in [0.05, 0.1) is 23.4 Å². The van der Waals surface area contributed by atoms with Crippen LogP contribution in [0.3, 0.4) is 0 Å². The summed E-state index contributed by atoms with van der Waals surface area (Å²) in [7, 11) is -3.25. The Hall–Kier alpha value is -1.17. The van der Waals surface area contributed by atoms with Crippen LogP contribution in [0, 0.1) is 0 Å². The van der Waals surface area contributed by atoms with E-state index in [1.807, 2.05) is 13.8 Å². The first kappa shape index (κ1) is 16.2. The number of epoxide rings is 1. The van der Waals surface area contributed by atoms with Gasteiger partial charge in [-0.2, -0.15) is 0 Å². The summed E-state index contributed by atoms with van der Waals surface area (Å²) in [6, 6.07) is 8.48. The van der Waals surface area contributed by atoms with E-state index in [-0.39, 0.29) is 18.5 Å². The van der Waals surface area contributed by atoms with Crippen molar-refractivity contribution in [1.29, 1.82) is 0 Å². The van der Waals surface area contributed by atoms with Crippen molar-refractivity contribution in [2.75, 3.05) is 12.4 Å². The van der Waals surface area contributed by atoms with Crippen molar-refractivity contribution in [3.8, 4) is 0 Å². The molecule has 0 amide bonds. The molecule has 0 bridgehead atoms. The fraction of sp³-hybridized carbons (Fsp3) is 0.500. The van der Waals surface area contributed by atoms with Crippen LogP contribution in [0.1, 0.15) is 26.7 Å². The highest BCUT2D eigenvalue weighted by molar-refractivity contribution is 7.91. The zero-order valence-corrected chi connectivity index (χ0v) is 13.3. The maximum Gasteiger partial charge on any atom is 0.181 e. The fourth-order valence-corrected chi connectivity index (χ4v) is 3.50. The molecule has 1 N–H and O–H groups in total. The molecule has 1 aromatic carbocycles. The summed E-state index contributed by atoms with van der Waals surface area (Å²) in [6.45, 7) is 3.85. The SMILES string of the molecule is C/C(=C\CS(=O)(=O)c1ccccc1)CC[C@H]1O[C@]1(C)CO. The lowest BCUT2D eigenvalue weighted by Crippen LogP contribution is -2.15. The molecular formula is C16H22O4S. The molecule has 116 valence electrons. The van der Waals surface area contributed by atoms with E-state index in [0.29, 0.717) is 4.90 Å². The second kappa shape index (κ2) is 6.30. The van der Waals surface area contributed by atoms with Crippen LogP contribution in [0.25, 0.3) is 0 Å². The number of sulfone groups is 1. The Balaban J connectivity index is 1.86. The highest BCUT2D eigenvalue weighted by atomic mass is 32.2. The van der Waals surface area contributed by atoms with Crippen LogP contribution in [-0.4, -0.2) is 37.6 Å². The van der Waals surface area contributed by atoms with Crippen LogP contribution < -0.4 is 0 Å². The van der Waals surface area contributed by atoms with Crippen LogP contribution >= 0.6 is 0 Å². The lowest BCUT2D eigenvalue weighted by Gasteiger charge is -2.04. The smallest absolute Gasteiger partial charge is 0.181 e. The molecule has 0 radical (unpaired) electrons. The van der Waals surface area contributed by atoms with Crippen molar-refractivity contribution < 1.29 is 18.3 Å². The van der Waals surface area contributed by atoms with E-state index in [1.165, 1.54) is 0 Å². The van der Waals surface area contributed by atoms with Crippen molar-refractivity contribution in [3.05, 3.63) is 42.0 Å². The molecular weight excluding hydrogens is 288 g/mol. The van der Waals surface area contributed by atoms with Crippen molar-refractivity contribution >= 4 is 9.84 Å². The zero-order valence-electron chi connectivity index (χ0n) is 12.5. The lowest BCUT2D eigenvalue weighted by atomic mass is 10.0. The van der Waals surface area contributed by atoms with Crippen LogP contribution in [0.5, 0.6) is 0 Å². The first-order valence-corrected chi connectivity index (χ1v) is 8.75. The Morgan fingerprint density at radius 2 is 2.05 bits per heavy atom. The summed E-state index contributed by atoms with van der Waals surface area (Å²) < 4.78 is 29.7. The molecule has 1 aliphatic rings. The first-order valence-electron chi connectivity index (χ1n) is 7.09. The van der Waals surface area contributed by atoms with E-state index in [4.69, 9.17) is 9.84 Å². The Bertz CT molecular complexity index is 606. The molecule has 21 heavy (non-hydrogen) atoms. The monoisotopic (exact) mass is 310 g/mol. The molecule has 0 spiro atoms. The molecule has 2 atom stereocenters. The van der Waals surface area contributed by atoms with E-state index in [1.54, 1.807) is 36.4 Å². The van der Waals surface area contributed by atoms with E-state index in [9.17, 15) is 8.42 Å². The Morgan fingerprint density at radius 3 is 2.62 bits per heavy atom. The molecule has 0 aromatic heterocycles. The summed E-state index contributed by atoms with van der Waals surface area (Å²) in [4.78, 5) is 0.354. The summed E-state index contributed by atoms with van der Waals surface area (Å²) in [5.74, 6) is 0.0195. The number of hydrogen-bond donors (Lipinski definition) is 1. The minimum Gasteiger partial charge on any atom is -0.393 e. The van der Waals surface area contributed by atoms with Crippen molar-refractivity contribution in [2.24, 2.45) is 0 Å². The average Bonchev–Trinajstić information content (AvgIpc) is 3.15. The number of ether oxygens (including phenoxy) is 1. The molecule has 5 heteroatoms. The minimum atomic E-state index is -3.25. The molecule has 2 rings (SSSR count). The van der Waals surface area contributed by atoms with Gasteiger partial charge >= 0.3 is 0 Å². The van der Waals surface area contributed by atoms with Gasteiger partial charge in [-0.05, 0) is 38.8 Å². The molecule has 1 fully saturated rings. The molecule has 1 aromatic rings. The third-order valence-electron chi connectivity index (χ3n) is 3.90. The van der Waals surface area contributed by atoms with Gasteiger partial charge in [-0.25, -0.2) is 8.42 Å². The predicted molar refractivity (Wildman–Crippen MR) is 81.8 cm³/mol. The van der Waals surface area contributed by atoms with E-state index in [0.717, 1.165) is 18.4 Å². The standard InChI is InChI=1S/C16H22O4S/c1-13(8-9-15-16(2,12-17)20-15)10-11-21(18,19)14-6-4-3-5-7-14/h3-7,10,15,17H,8-9,11-12H2,1-2H3/b13-10+/t15-,16-/m1/s1. The summed E-state index contributed by atoms with van der Waals surface area (Å²) in [5.41, 5.74) is 0.640. The van der Waals surface area contributed by atoms with Crippen LogP contribution in [0.15, 0.2) is 46.9 Å². The van der Waals surface area contributed by atoms with Crippen LogP contribution in [0.4, 0.5) is 0 Å². The third-order valence-corrected chi connectivity index (χ3v) is 5.50. The van der Waals surface area contributed by atoms with Crippen molar-refractivity contribution in [1.82, 2.24) is 0 Å². The molecule has 4 nitrogen and oxygen atoms in total. The number of aliphatic hydroxyl groups is 1. The van der Waals surface area contributed by atoms with Crippen LogP contribution in [0.2, 0.25) is 0 Å². The number of benzene rings is 1. The second-order valence-corrected chi connectivity index (χ2v) is 7.80. The lowest BCUT2D eigenvalue weighted by molar-refractivity contribution is 0.184. The average molecular weight is 310 g/mol. The van der Waals surface area contributed by atoms with E-state index < -0.39 is 15.4 Å². The second-order valence-electron chi connectivity index (χ2n) is 5.76. The van der Waals surface area contributed by atoms with E-state index >= 15 is 0 Å². The summed E-state index contributed by atoms with van der Waals surface area (Å²) in [5, 5.41) is 9.12. The third kappa shape index (κ3) is 4.15. The molecule has 1 heterocycles. The molecule has 0 saturated carbocycles. The predicted octanol–water partition coefficient (Wildman–Crippen LogP) is 2.34. The Labute approximate surface area is 126 Å². The van der Waals surface area contributed by atoms with Gasteiger partial charge in [0.2, 0.25) is 0 Å². The van der Waals surface area contributed by atoms with Gasteiger partial charge in [0, 0.05) is 0 Å². The number of rotatable bonds is 7. The van der Waals surface area contributed by atoms with Gasteiger partial charge in [0.1, 0.15) is 5.60 Å². The fourth-order valence-electron chi connectivity index (χ4n) is 2.23. The number of aliphatic hydroxyl groups excluding tert-OH is 1. The molecule has 0 aliphatic carbocycles. The summed E-state index contributed by atoms with van der Waals surface area (Å²) >= 11 is 0. The molecule has 1 saturated heterocycles.